The first kappa shape index (κ1) is 12.3. The van der Waals surface area contributed by atoms with E-state index in [-0.39, 0.29) is 11.8 Å². The first-order chi connectivity index (χ1) is 9.63. The van der Waals surface area contributed by atoms with Crippen molar-refractivity contribution >= 4 is 16.6 Å². The summed E-state index contributed by atoms with van der Waals surface area (Å²) in [7, 11) is 0. The Kier molecular flexibility index (Phi) is 2.95. The molecule has 0 fully saturated rings. The standard InChI is InChI=1S/C15H12FN3O/c1-9-6-14(11(16)7-12(9)17)20-15-18-8-10-4-2-3-5-13(10)19-15/h2-8H,17H2,1H3. The quantitative estimate of drug-likeness (QED) is 0.724. The molecule has 3 rings (SSSR count). The number of ether oxygens (including phenoxy) is 1. The minimum absolute atomic E-state index is 0.0620. The molecule has 0 aliphatic carbocycles. The SMILES string of the molecule is Cc1cc(Oc2ncc3ccccc3n2)c(F)cc1N. The van der Waals surface area contributed by atoms with Gasteiger partial charge in [-0.2, -0.15) is 4.98 Å². The Labute approximate surface area is 115 Å². The van der Waals surface area contributed by atoms with Crippen molar-refractivity contribution in [1.82, 2.24) is 9.97 Å². The fraction of sp³-hybridized carbons (Fsp3) is 0.0667. The number of rotatable bonds is 2. The molecular formula is C15H12FN3O. The van der Waals surface area contributed by atoms with Crippen LogP contribution >= 0.6 is 0 Å². The van der Waals surface area contributed by atoms with Crippen LogP contribution in [0.3, 0.4) is 0 Å². The molecule has 0 atom stereocenters. The Bertz CT molecular complexity index is 789. The first-order valence-corrected chi connectivity index (χ1v) is 6.09. The highest BCUT2D eigenvalue weighted by atomic mass is 19.1. The predicted molar refractivity (Wildman–Crippen MR) is 75.2 cm³/mol. The highest BCUT2D eigenvalue weighted by Gasteiger charge is 2.10. The van der Waals surface area contributed by atoms with Crippen molar-refractivity contribution in [1.29, 1.82) is 0 Å². The number of hydrogen-bond acceptors (Lipinski definition) is 4. The normalized spacial score (nSPS) is 10.7. The summed E-state index contributed by atoms with van der Waals surface area (Å²) in [5.74, 6) is -0.475. The largest absolute Gasteiger partial charge is 0.421 e. The summed E-state index contributed by atoms with van der Waals surface area (Å²) in [6.07, 6.45) is 1.64. The van der Waals surface area contributed by atoms with Crippen molar-refractivity contribution in [2.75, 3.05) is 5.73 Å². The zero-order chi connectivity index (χ0) is 14.1. The highest BCUT2D eigenvalue weighted by molar-refractivity contribution is 5.77. The third-order valence-corrected chi connectivity index (χ3v) is 2.99. The molecule has 1 heterocycles. The van der Waals surface area contributed by atoms with Crippen LogP contribution in [0.15, 0.2) is 42.6 Å². The maximum atomic E-state index is 13.8. The van der Waals surface area contributed by atoms with Crippen molar-refractivity contribution in [3.8, 4) is 11.8 Å². The molecular weight excluding hydrogens is 257 g/mol. The molecule has 5 heteroatoms. The topological polar surface area (TPSA) is 61.0 Å². The van der Waals surface area contributed by atoms with E-state index in [0.717, 1.165) is 16.5 Å². The number of nitrogen functional groups attached to an aromatic ring is 1. The first-order valence-electron chi connectivity index (χ1n) is 6.09. The number of hydrogen-bond donors (Lipinski definition) is 1. The molecule has 3 aromatic rings. The summed E-state index contributed by atoms with van der Waals surface area (Å²) in [5, 5.41) is 0.897. The van der Waals surface area contributed by atoms with E-state index in [4.69, 9.17) is 10.5 Å². The molecule has 0 amide bonds. The van der Waals surface area contributed by atoms with Gasteiger partial charge in [-0.25, -0.2) is 9.37 Å². The van der Waals surface area contributed by atoms with Crippen LogP contribution in [0.4, 0.5) is 10.1 Å². The lowest BCUT2D eigenvalue weighted by molar-refractivity contribution is 0.413. The molecule has 1 aromatic heterocycles. The van der Waals surface area contributed by atoms with Crippen LogP contribution in [0, 0.1) is 12.7 Å². The highest BCUT2D eigenvalue weighted by Crippen LogP contribution is 2.27. The van der Waals surface area contributed by atoms with Crippen LogP contribution in [0.25, 0.3) is 10.9 Å². The smallest absolute Gasteiger partial charge is 0.322 e. The van der Waals surface area contributed by atoms with E-state index in [0.29, 0.717) is 5.69 Å². The summed E-state index contributed by atoms with van der Waals surface area (Å²) in [6, 6.07) is 10.4. The Morgan fingerprint density at radius 2 is 2.00 bits per heavy atom. The van der Waals surface area contributed by atoms with Crippen LogP contribution < -0.4 is 10.5 Å². The summed E-state index contributed by atoms with van der Waals surface area (Å²) >= 11 is 0. The number of benzene rings is 2. The number of nitrogens with two attached hydrogens (primary N) is 1. The van der Waals surface area contributed by atoms with Crippen LogP contribution in [0.1, 0.15) is 5.56 Å². The van der Waals surface area contributed by atoms with Gasteiger partial charge >= 0.3 is 6.01 Å². The average Bonchev–Trinajstić information content (AvgIpc) is 2.44. The van der Waals surface area contributed by atoms with Gasteiger partial charge in [-0.1, -0.05) is 18.2 Å². The van der Waals surface area contributed by atoms with Gasteiger partial charge in [0.25, 0.3) is 0 Å². The van der Waals surface area contributed by atoms with Gasteiger partial charge in [0.2, 0.25) is 0 Å². The number of anilines is 1. The molecule has 0 aliphatic heterocycles. The Morgan fingerprint density at radius 3 is 2.85 bits per heavy atom. The third kappa shape index (κ3) is 2.25. The van der Waals surface area contributed by atoms with Crippen LogP contribution in [0.2, 0.25) is 0 Å². The molecule has 2 N–H and O–H groups in total. The fourth-order valence-electron chi connectivity index (χ4n) is 1.85. The van der Waals surface area contributed by atoms with E-state index in [2.05, 4.69) is 9.97 Å². The lowest BCUT2D eigenvalue weighted by Crippen LogP contribution is -1.97. The molecule has 0 bridgehead atoms. The van der Waals surface area contributed by atoms with E-state index < -0.39 is 5.82 Å². The van der Waals surface area contributed by atoms with Crippen LogP contribution in [-0.4, -0.2) is 9.97 Å². The number of halogens is 1. The van der Waals surface area contributed by atoms with E-state index >= 15 is 0 Å². The number of para-hydroxylation sites is 1. The van der Waals surface area contributed by atoms with E-state index in [1.165, 1.54) is 12.1 Å². The lowest BCUT2D eigenvalue weighted by Gasteiger charge is -2.08. The molecule has 0 unspecified atom stereocenters. The molecule has 0 radical (unpaired) electrons. The van der Waals surface area contributed by atoms with Crippen LogP contribution in [0.5, 0.6) is 11.8 Å². The van der Waals surface area contributed by atoms with Gasteiger partial charge in [-0.15, -0.1) is 0 Å². The van der Waals surface area contributed by atoms with Crippen molar-refractivity contribution in [2.24, 2.45) is 0 Å². The third-order valence-electron chi connectivity index (χ3n) is 2.99. The Morgan fingerprint density at radius 1 is 1.20 bits per heavy atom. The summed E-state index contributed by atoms with van der Waals surface area (Å²) in [4.78, 5) is 8.30. The van der Waals surface area contributed by atoms with Gasteiger partial charge in [0.05, 0.1) is 5.52 Å². The predicted octanol–water partition coefficient (Wildman–Crippen LogP) is 3.45. The van der Waals surface area contributed by atoms with E-state index in [9.17, 15) is 4.39 Å². The molecule has 0 saturated carbocycles. The number of fused-ring (bicyclic) bond motifs is 1. The average molecular weight is 269 g/mol. The second-order valence-corrected chi connectivity index (χ2v) is 4.45. The number of nitrogens with zero attached hydrogens (tertiary/aromatic N) is 2. The van der Waals surface area contributed by atoms with Gasteiger partial charge in [0, 0.05) is 23.3 Å². The zero-order valence-corrected chi connectivity index (χ0v) is 10.8. The van der Waals surface area contributed by atoms with Gasteiger partial charge in [0.1, 0.15) is 0 Å². The van der Waals surface area contributed by atoms with Gasteiger partial charge in [-0.3, -0.25) is 0 Å². The molecule has 0 saturated heterocycles. The second kappa shape index (κ2) is 4.77. The Balaban J connectivity index is 1.99. The second-order valence-electron chi connectivity index (χ2n) is 4.45. The minimum Gasteiger partial charge on any atom is -0.421 e. The van der Waals surface area contributed by atoms with E-state index in [1.54, 1.807) is 13.1 Å². The van der Waals surface area contributed by atoms with E-state index in [1.807, 2.05) is 24.3 Å². The summed E-state index contributed by atoms with van der Waals surface area (Å²) in [5.41, 5.74) is 7.49. The molecule has 2 aromatic carbocycles. The molecule has 4 nitrogen and oxygen atoms in total. The van der Waals surface area contributed by atoms with Gasteiger partial charge in [0.15, 0.2) is 11.6 Å². The fourth-order valence-corrected chi connectivity index (χ4v) is 1.85. The maximum Gasteiger partial charge on any atom is 0.322 e. The summed E-state index contributed by atoms with van der Waals surface area (Å²) in [6.45, 7) is 1.78. The van der Waals surface area contributed by atoms with Crippen molar-refractivity contribution in [3.63, 3.8) is 0 Å². The van der Waals surface area contributed by atoms with Gasteiger partial charge < -0.3 is 10.5 Å². The van der Waals surface area contributed by atoms with Crippen molar-refractivity contribution in [2.45, 2.75) is 6.92 Å². The molecule has 0 spiro atoms. The van der Waals surface area contributed by atoms with Gasteiger partial charge in [-0.05, 0) is 24.6 Å². The monoisotopic (exact) mass is 269 g/mol. The minimum atomic E-state index is -0.537. The van der Waals surface area contributed by atoms with Crippen molar-refractivity contribution < 1.29 is 9.13 Å². The maximum absolute atomic E-state index is 13.8. The summed E-state index contributed by atoms with van der Waals surface area (Å²) < 4.78 is 19.2. The molecule has 100 valence electrons. The Hall–Kier alpha value is -2.69. The van der Waals surface area contributed by atoms with Crippen molar-refractivity contribution in [3.05, 3.63) is 54.0 Å². The molecule has 20 heavy (non-hydrogen) atoms. The lowest BCUT2D eigenvalue weighted by atomic mass is 10.2. The zero-order valence-electron chi connectivity index (χ0n) is 10.8. The van der Waals surface area contributed by atoms with Crippen LogP contribution in [-0.2, 0) is 0 Å². The number of aryl methyl sites for hydroxylation is 1. The molecule has 0 aliphatic rings. The number of aromatic nitrogens is 2.